The van der Waals surface area contributed by atoms with E-state index >= 15 is 0 Å². The van der Waals surface area contributed by atoms with E-state index in [1.165, 1.54) is 12.1 Å². The van der Waals surface area contributed by atoms with E-state index in [-0.39, 0.29) is 29.6 Å². The maximum absolute atomic E-state index is 13.1. The first-order valence-corrected chi connectivity index (χ1v) is 8.74. The van der Waals surface area contributed by atoms with Crippen molar-refractivity contribution in [2.45, 2.75) is 18.4 Å². The summed E-state index contributed by atoms with van der Waals surface area (Å²) in [4.78, 5) is 17.2. The summed E-state index contributed by atoms with van der Waals surface area (Å²) in [5.41, 5.74) is 2.82. The Kier molecular flexibility index (Phi) is 4.48. The standard InChI is InChI=1S/C22H19FN2O/c23-17-11-9-15(10-12-17)18-14-19(18)22(26)25-21(16-6-2-1-3-7-16)20-8-4-5-13-24-20/h1-13,18-19,21H,14H2,(H,25,26)/t18-,19+,21+/m0/s1. The van der Waals surface area contributed by atoms with Gasteiger partial charge in [-0.15, -0.1) is 0 Å². The number of halogens is 1. The van der Waals surface area contributed by atoms with Crippen molar-refractivity contribution in [1.29, 1.82) is 0 Å². The average Bonchev–Trinajstić information content (AvgIpc) is 3.49. The number of nitrogens with one attached hydrogen (secondary N) is 1. The van der Waals surface area contributed by atoms with Gasteiger partial charge in [-0.2, -0.15) is 0 Å². The monoisotopic (exact) mass is 346 g/mol. The molecular weight excluding hydrogens is 327 g/mol. The Morgan fingerprint density at radius 1 is 1.00 bits per heavy atom. The van der Waals surface area contributed by atoms with E-state index in [4.69, 9.17) is 0 Å². The fourth-order valence-electron chi connectivity index (χ4n) is 3.33. The fraction of sp³-hybridized carbons (Fsp3) is 0.182. The van der Waals surface area contributed by atoms with Gasteiger partial charge in [0, 0.05) is 12.1 Å². The van der Waals surface area contributed by atoms with Crippen LogP contribution in [0, 0.1) is 11.7 Å². The topological polar surface area (TPSA) is 42.0 Å². The van der Waals surface area contributed by atoms with Crippen molar-refractivity contribution in [2.24, 2.45) is 5.92 Å². The van der Waals surface area contributed by atoms with Crippen LogP contribution in [-0.4, -0.2) is 10.9 Å². The number of nitrogens with zero attached hydrogens (tertiary/aromatic N) is 1. The number of amides is 1. The first-order valence-electron chi connectivity index (χ1n) is 8.74. The second kappa shape index (κ2) is 7.08. The van der Waals surface area contributed by atoms with Gasteiger partial charge in [-0.1, -0.05) is 48.5 Å². The Bertz CT molecular complexity index is 842. The van der Waals surface area contributed by atoms with Gasteiger partial charge in [0.05, 0.1) is 11.7 Å². The van der Waals surface area contributed by atoms with Crippen molar-refractivity contribution in [3.63, 3.8) is 0 Å². The lowest BCUT2D eigenvalue weighted by atomic mass is 10.0. The summed E-state index contributed by atoms with van der Waals surface area (Å²) >= 11 is 0. The van der Waals surface area contributed by atoms with Crippen LogP contribution in [0.15, 0.2) is 79.0 Å². The molecule has 3 aromatic rings. The van der Waals surface area contributed by atoms with Crippen LogP contribution in [0.4, 0.5) is 4.39 Å². The average molecular weight is 346 g/mol. The lowest BCUT2D eigenvalue weighted by Gasteiger charge is -2.19. The molecule has 4 rings (SSSR count). The summed E-state index contributed by atoms with van der Waals surface area (Å²) in [6.45, 7) is 0. The molecular formula is C22H19FN2O. The Hall–Kier alpha value is -3.01. The summed E-state index contributed by atoms with van der Waals surface area (Å²) in [7, 11) is 0. The Morgan fingerprint density at radius 2 is 1.73 bits per heavy atom. The van der Waals surface area contributed by atoms with Gasteiger partial charge < -0.3 is 5.32 Å². The number of aromatic nitrogens is 1. The highest BCUT2D eigenvalue weighted by molar-refractivity contribution is 5.83. The first-order chi connectivity index (χ1) is 12.7. The molecule has 0 aliphatic heterocycles. The van der Waals surface area contributed by atoms with E-state index in [9.17, 15) is 9.18 Å². The number of hydrogen-bond acceptors (Lipinski definition) is 2. The molecule has 130 valence electrons. The molecule has 1 N–H and O–H groups in total. The third-order valence-electron chi connectivity index (χ3n) is 4.83. The van der Waals surface area contributed by atoms with E-state index in [0.717, 1.165) is 23.2 Å². The van der Waals surface area contributed by atoms with Crippen molar-refractivity contribution in [2.75, 3.05) is 0 Å². The molecule has 1 aliphatic rings. The minimum atomic E-state index is -0.278. The summed E-state index contributed by atoms with van der Waals surface area (Å²) < 4.78 is 13.1. The maximum Gasteiger partial charge on any atom is 0.224 e. The highest BCUT2D eigenvalue weighted by Gasteiger charge is 2.44. The summed E-state index contributed by atoms with van der Waals surface area (Å²) in [6, 6.07) is 21.7. The Morgan fingerprint density at radius 3 is 2.42 bits per heavy atom. The van der Waals surface area contributed by atoms with Crippen LogP contribution >= 0.6 is 0 Å². The van der Waals surface area contributed by atoms with Crippen LogP contribution in [0.25, 0.3) is 0 Å². The van der Waals surface area contributed by atoms with Crippen molar-refractivity contribution < 1.29 is 9.18 Å². The van der Waals surface area contributed by atoms with E-state index in [1.807, 2.05) is 48.5 Å². The summed E-state index contributed by atoms with van der Waals surface area (Å²) in [6.07, 6.45) is 2.52. The molecule has 3 nitrogen and oxygen atoms in total. The van der Waals surface area contributed by atoms with E-state index in [2.05, 4.69) is 10.3 Å². The Balaban J connectivity index is 1.51. The Labute approximate surface area is 151 Å². The number of rotatable bonds is 5. The predicted octanol–water partition coefficient (Wildman–Crippen LogP) is 4.23. The number of carbonyl (C=O) groups is 1. The van der Waals surface area contributed by atoms with Crippen LogP contribution in [0.1, 0.15) is 35.2 Å². The minimum absolute atomic E-state index is 0.0128. The van der Waals surface area contributed by atoms with Gasteiger partial charge in [-0.05, 0) is 47.7 Å². The molecule has 26 heavy (non-hydrogen) atoms. The molecule has 3 atom stereocenters. The van der Waals surface area contributed by atoms with Crippen LogP contribution < -0.4 is 5.32 Å². The van der Waals surface area contributed by atoms with Crippen LogP contribution in [0.5, 0.6) is 0 Å². The molecule has 1 amide bonds. The second-order valence-corrected chi connectivity index (χ2v) is 6.61. The van der Waals surface area contributed by atoms with E-state index in [1.54, 1.807) is 18.3 Å². The fourth-order valence-corrected chi connectivity index (χ4v) is 3.33. The maximum atomic E-state index is 13.1. The highest BCUT2D eigenvalue weighted by Crippen LogP contribution is 2.47. The zero-order valence-electron chi connectivity index (χ0n) is 14.2. The SMILES string of the molecule is O=C(N[C@H](c1ccccc1)c1ccccn1)[C@@H]1C[C@H]1c1ccc(F)cc1. The third kappa shape index (κ3) is 3.49. The quantitative estimate of drug-likeness (QED) is 0.751. The van der Waals surface area contributed by atoms with Crippen molar-refractivity contribution in [3.05, 3.63) is 102 Å². The zero-order chi connectivity index (χ0) is 17.9. The molecule has 0 unspecified atom stereocenters. The van der Waals surface area contributed by atoms with E-state index in [0.29, 0.717) is 0 Å². The van der Waals surface area contributed by atoms with Gasteiger partial charge in [-0.25, -0.2) is 4.39 Å². The molecule has 0 bridgehead atoms. The van der Waals surface area contributed by atoms with Gasteiger partial charge in [0.1, 0.15) is 5.82 Å². The minimum Gasteiger partial charge on any atom is -0.343 e. The lowest BCUT2D eigenvalue weighted by molar-refractivity contribution is -0.122. The predicted molar refractivity (Wildman–Crippen MR) is 97.9 cm³/mol. The van der Waals surface area contributed by atoms with Gasteiger partial charge in [-0.3, -0.25) is 9.78 Å². The molecule has 1 fully saturated rings. The van der Waals surface area contributed by atoms with Crippen LogP contribution in [0.2, 0.25) is 0 Å². The normalized spacial score (nSPS) is 19.6. The van der Waals surface area contributed by atoms with Gasteiger partial charge in [0.25, 0.3) is 0 Å². The first kappa shape index (κ1) is 16.5. The number of benzene rings is 2. The lowest BCUT2D eigenvalue weighted by Crippen LogP contribution is -2.31. The van der Waals surface area contributed by atoms with Crippen LogP contribution in [0.3, 0.4) is 0 Å². The zero-order valence-corrected chi connectivity index (χ0v) is 14.2. The van der Waals surface area contributed by atoms with E-state index < -0.39 is 0 Å². The van der Waals surface area contributed by atoms with Crippen LogP contribution in [-0.2, 0) is 4.79 Å². The molecule has 1 saturated carbocycles. The third-order valence-corrected chi connectivity index (χ3v) is 4.83. The van der Waals surface area contributed by atoms with Crippen molar-refractivity contribution in [3.8, 4) is 0 Å². The molecule has 2 aromatic carbocycles. The summed E-state index contributed by atoms with van der Waals surface area (Å²) in [5, 5.41) is 3.15. The molecule has 4 heteroatoms. The molecule has 0 saturated heterocycles. The molecule has 1 aliphatic carbocycles. The molecule has 1 aromatic heterocycles. The number of pyridine rings is 1. The number of carbonyl (C=O) groups excluding carboxylic acids is 1. The highest BCUT2D eigenvalue weighted by atomic mass is 19.1. The molecule has 1 heterocycles. The smallest absolute Gasteiger partial charge is 0.224 e. The molecule has 0 spiro atoms. The second-order valence-electron chi connectivity index (χ2n) is 6.61. The van der Waals surface area contributed by atoms with Crippen molar-refractivity contribution >= 4 is 5.91 Å². The number of hydrogen-bond donors (Lipinski definition) is 1. The van der Waals surface area contributed by atoms with Gasteiger partial charge in [0.2, 0.25) is 5.91 Å². The molecule has 0 radical (unpaired) electrons. The van der Waals surface area contributed by atoms with Gasteiger partial charge in [0.15, 0.2) is 0 Å². The summed E-state index contributed by atoms with van der Waals surface area (Å²) in [5.74, 6) is -0.153. The largest absolute Gasteiger partial charge is 0.343 e. The van der Waals surface area contributed by atoms with Gasteiger partial charge >= 0.3 is 0 Å². The van der Waals surface area contributed by atoms with Crippen molar-refractivity contribution in [1.82, 2.24) is 10.3 Å².